The molecule has 0 spiro atoms. The van der Waals surface area contributed by atoms with Crippen LogP contribution in [0, 0.1) is 6.92 Å². The molecule has 0 radical (unpaired) electrons. The van der Waals surface area contributed by atoms with Crippen molar-refractivity contribution in [2.75, 3.05) is 18.6 Å². The number of ether oxygens (including phenoxy) is 1. The number of fused-ring (bicyclic) bond motifs is 1. The van der Waals surface area contributed by atoms with Crippen molar-refractivity contribution < 1.29 is 14.3 Å². The van der Waals surface area contributed by atoms with Gasteiger partial charge in [-0.15, -0.1) is 0 Å². The summed E-state index contributed by atoms with van der Waals surface area (Å²) in [6.07, 6.45) is 3.57. The van der Waals surface area contributed by atoms with Gasteiger partial charge >= 0.3 is 0 Å². The van der Waals surface area contributed by atoms with Crippen molar-refractivity contribution >= 4 is 17.6 Å². The predicted octanol–water partition coefficient (Wildman–Crippen LogP) is 3.26. The quantitative estimate of drug-likeness (QED) is 0.602. The minimum atomic E-state index is -0.234. The lowest BCUT2D eigenvalue weighted by atomic mass is 10.1. The SMILES string of the molecule is COc1ccc(CN2C(=O)Cc3c(C)nc([C@@H]4CCCN4C(=O)c4ccccn4)nc32)cc1. The molecule has 1 atom stereocenters. The van der Waals surface area contributed by atoms with E-state index in [2.05, 4.69) is 4.98 Å². The molecule has 2 aliphatic rings. The number of carbonyl (C=O) groups excluding carboxylic acids is 2. The van der Waals surface area contributed by atoms with E-state index in [1.165, 1.54) is 0 Å². The molecule has 8 heteroatoms. The topological polar surface area (TPSA) is 88.5 Å². The molecular formula is C25H25N5O3. The van der Waals surface area contributed by atoms with Crippen LogP contribution in [0.4, 0.5) is 5.82 Å². The lowest BCUT2D eigenvalue weighted by Gasteiger charge is -2.25. The second-order valence-corrected chi connectivity index (χ2v) is 8.35. The molecule has 1 saturated heterocycles. The van der Waals surface area contributed by atoms with Gasteiger partial charge in [-0.3, -0.25) is 19.5 Å². The number of rotatable bonds is 5. The van der Waals surface area contributed by atoms with Crippen LogP contribution >= 0.6 is 0 Å². The fourth-order valence-electron chi connectivity index (χ4n) is 4.54. The fraction of sp³-hybridized carbons (Fsp3) is 0.320. The van der Waals surface area contributed by atoms with E-state index >= 15 is 0 Å². The van der Waals surface area contributed by atoms with Crippen molar-refractivity contribution in [3.63, 3.8) is 0 Å². The van der Waals surface area contributed by atoms with Gasteiger partial charge in [-0.2, -0.15) is 0 Å². The van der Waals surface area contributed by atoms with Crippen molar-refractivity contribution in [3.05, 3.63) is 77.0 Å². The first-order valence-corrected chi connectivity index (χ1v) is 11.1. The monoisotopic (exact) mass is 443 g/mol. The number of methoxy groups -OCH3 is 1. The second-order valence-electron chi connectivity index (χ2n) is 8.35. The molecule has 0 aliphatic carbocycles. The van der Waals surface area contributed by atoms with Crippen LogP contribution in [0.2, 0.25) is 0 Å². The normalized spacial score (nSPS) is 17.4. The molecule has 0 unspecified atom stereocenters. The van der Waals surface area contributed by atoms with Gasteiger partial charge in [0.15, 0.2) is 5.82 Å². The van der Waals surface area contributed by atoms with E-state index in [1.807, 2.05) is 37.3 Å². The number of hydrogen-bond acceptors (Lipinski definition) is 6. The summed E-state index contributed by atoms with van der Waals surface area (Å²) in [6, 6.07) is 12.8. The van der Waals surface area contributed by atoms with E-state index in [9.17, 15) is 9.59 Å². The molecule has 8 nitrogen and oxygen atoms in total. The number of benzene rings is 1. The Morgan fingerprint density at radius 2 is 1.97 bits per heavy atom. The lowest BCUT2D eigenvalue weighted by Crippen LogP contribution is -2.32. The van der Waals surface area contributed by atoms with Gasteiger partial charge in [-0.05, 0) is 49.6 Å². The average Bonchev–Trinajstić information content (AvgIpc) is 3.45. The van der Waals surface area contributed by atoms with Crippen LogP contribution < -0.4 is 9.64 Å². The zero-order chi connectivity index (χ0) is 22.9. The Bertz CT molecular complexity index is 1200. The van der Waals surface area contributed by atoms with Crippen LogP contribution in [0.5, 0.6) is 5.75 Å². The van der Waals surface area contributed by atoms with Crippen LogP contribution in [0.1, 0.15) is 52.0 Å². The highest BCUT2D eigenvalue weighted by Gasteiger charge is 2.37. The van der Waals surface area contributed by atoms with Crippen molar-refractivity contribution in [2.45, 2.75) is 38.8 Å². The minimum Gasteiger partial charge on any atom is -0.497 e. The minimum absolute atomic E-state index is 0.00297. The van der Waals surface area contributed by atoms with Crippen molar-refractivity contribution in [2.24, 2.45) is 0 Å². The molecule has 5 rings (SSSR count). The summed E-state index contributed by atoms with van der Waals surface area (Å²) in [7, 11) is 1.63. The molecule has 1 aromatic carbocycles. The molecule has 2 aliphatic heterocycles. The number of anilines is 1. The highest BCUT2D eigenvalue weighted by Crippen LogP contribution is 2.36. The third kappa shape index (κ3) is 3.92. The third-order valence-electron chi connectivity index (χ3n) is 6.29. The van der Waals surface area contributed by atoms with Crippen LogP contribution in [-0.4, -0.2) is 45.3 Å². The van der Waals surface area contributed by atoms with Gasteiger partial charge < -0.3 is 9.64 Å². The van der Waals surface area contributed by atoms with E-state index in [1.54, 1.807) is 35.2 Å². The molecule has 0 bridgehead atoms. The molecule has 33 heavy (non-hydrogen) atoms. The van der Waals surface area contributed by atoms with E-state index in [-0.39, 0.29) is 17.9 Å². The number of aromatic nitrogens is 3. The summed E-state index contributed by atoms with van der Waals surface area (Å²) in [6.45, 7) is 2.97. The maximum atomic E-state index is 13.1. The molecule has 4 heterocycles. The van der Waals surface area contributed by atoms with E-state index < -0.39 is 0 Å². The molecule has 2 amide bonds. The fourth-order valence-corrected chi connectivity index (χ4v) is 4.54. The van der Waals surface area contributed by atoms with E-state index in [4.69, 9.17) is 14.7 Å². The Kier molecular flexibility index (Phi) is 5.50. The summed E-state index contributed by atoms with van der Waals surface area (Å²) in [5, 5.41) is 0. The van der Waals surface area contributed by atoms with Crippen molar-refractivity contribution in [1.82, 2.24) is 19.9 Å². The van der Waals surface area contributed by atoms with Gasteiger partial charge in [0, 0.05) is 24.0 Å². The van der Waals surface area contributed by atoms with Crippen LogP contribution in [0.25, 0.3) is 0 Å². The Morgan fingerprint density at radius 3 is 2.70 bits per heavy atom. The first-order chi connectivity index (χ1) is 16.0. The lowest BCUT2D eigenvalue weighted by molar-refractivity contribution is -0.117. The van der Waals surface area contributed by atoms with E-state index in [0.29, 0.717) is 36.8 Å². The summed E-state index contributed by atoms with van der Waals surface area (Å²) >= 11 is 0. The summed E-state index contributed by atoms with van der Waals surface area (Å²) < 4.78 is 5.23. The first-order valence-electron chi connectivity index (χ1n) is 11.1. The zero-order valence-corrected chi connectivity index (χ0v) is 18.7. The van der Waals surface area contributed by atoms with Gasteiger partial charge in [0.1, 0.15) is 17.3 Å². The standard InChI is InChI=1S/C25H25N5O3/c1-16-19-14-22(31)30(15-17-8-10-18(33-2)11-9-17)24(19)28-23(27-16)21-7-5-13-29(21)25(32)20-6-3-4-12-26-20/h3-4,6,8-12,21H,5,7,13-15H2,1-2H3/t21-/m0/s1. The number of likely N-dealkylation sites (tertiary alicyclic amines) is 1. The maximum Gasteiger partial charge on any atom is 0.273 e. The van der Waals surface area contributed by atoms with Gasteiger partial charge in [0.2, 0.25) is 5.91 Å². The number of aryl methyl sites for hydroxylation is 1. The summed E-state index contributed by atoms with van der Waals surface area (Å²) in [4.78, 5) is 43.3. The smallest absolute Gasteiger partial charge is 0.273 e. The Labute approximate surface area is 192 Å². The van der Waals surface area contributed by atoms with Crippen LogP contribution in [0.3, 0.4) is 0 Å². The van der Waals surface area contributed by atoms with Crippen LogP contribution in [0.15, 0.2) is 48.7 Å². The zero-order valence-electron chi connectivity index (χ0n) is 18.7. The Morgan fingerprint density at radius 1 is 1.15 bits per heavy atom. The third-order valence-corrected chi connectivity index (χ3v) is 6.29. The predicted molar refractivity (Wildman–Crippen MR) is 122 cm³/mol. The summed E-state index contributed by atoms with van der Waals surface area (Å²) in [5.41, 5.74) is 3.05. The Hall–Kier alpha value is -3.81. The number of amides is 2. The van der Waals surface area contributed by atoms with Gasteiger partial charge in [-0.1, -0.05) is 18.2 Å². The maximum absolute atomic E-state index is 13.1. The number of nitrogens with zero attached hydrogens (tertiary/aromatic N) is 5. The van der Waals surface area contributed by atoms with Crippen molar-refractivity contribution in [3.8, 4) is 5.75 Å². The number of hydrogen-bond donors (Lipinski definition) is 0. The molecule has 0 saturated carbocycles. The largest absolute Gasteiger partial charge is 0.497 e. The van der Waals surface area contributed by atoms with E-state index in [0.717, 1.165) is 35.4 Å². The molecule has 168 valence electrons. The molecule has 0 N–H and O–H groups in total. The average molecular weight is 444 g/mol. The molecule has 3 aromatic rings. The van der Waals surface area contributed by atoms with Crippen LogP contribution in [-0.2, 0) is 17.8 Å². The molecule has 1 fully saturated rings. The van der Waals surface area contributed by atoms with Gasteiger partial charge in [-0.25, -0.2) is 9.97 Å². The molecular weight excluding hydrogens is 418 g/mol. The summed E-state index contributed by atoms with van der Waals surface area (Å²) in [5.74, 6) is 1.89. The Balaban J connectivity index is 1.45. The second kappa shape index (κ2) is 8.61. The van der Waals surface area contributed by atoms with Gasteiger partial charge in [0.25, 0.3) is 5.91 Å². The van der Waals surface area contributed by atoms with Crippen molar-refractivity contribution in [1.29, 1.82) is 0 Å². The highest BCUT2D eigenvalue weighted by molar-refractivity contribution is 6.00. The van der Waals surface area contributed by atoms with Gasteiger partial charge in [0.05, 0.1) is 26.1 Å². The first kappa shape index (κ1) is 21.1. The highest BCUT2D eigenvalue weighted by atomic mass is 16.5. The number of carbonyl (C=O) groups is 2. The molecule has 2 aromatic heterocycles. The number of pyridine rings is 1.